The van der Waals surface area contributed by atoms with Crippen molar-refractivity contribution in [3.63, 3.8) is 0 Å². The second-order valence-electron chi connectivity index (χ2n) is 4.74. The maximum atomic E-state index is 10.7. The summed E-state index contributed by atoms with van der Waals surface area (Å²) in [7, 11) is 0. The minimum absolute atomic E-state index is 0.0242. The van der Waals surface area contributed by atoms with Crippen molar-refractivity contribution in [2.75, 3.05) is 6.61 Å². The SMILES string of the molecule is CC(C)(CCO)NCc1cc([N+](=O)[O-])ccc1Cl. The van der Waals surface area contributed by atoms with Crippen LogP contribution in [0.1, 0.15) is 25.8 Å². The molecule has 0 spiro atoms. The zero-order valence-electron chi connectivity index (χ0n) is 10.4. The number of non-ortho nitro benzene ring substituents is 1. The molecule has 0 aromatic heterocycles. The molecule has 0 fully saturated rings. The van der Waals surface area contributed by atoms with E-state index in [-0.39, 0.29) is 17.8 Å². The smallest absolute Gasteiger partial charge is 0.269 e. The molecule has 0 bridgehead atoms. The van der Waals surface area contributed by atoms with Gasteiger partial charge < -0.3 is 10.4 Å². The molecule has 0 heterocycles. The Balaban J connectivity index is 2.78. The van der Waals surface area contributed by atoms with Crippen molar-refractivity contribution in [2.24, 2.45) is 0 Å². The van der Waals surface area contributed by atoms with Crippen LogP contribution in [0.4, 0.5) is 5.69 Å². The van der Waals surface area contributed by atoms with E-state index in [1.807, 2.05) is 13.8 Å². The van der Waals surface area contributed by atoms with Crippen molar-refractivity contribution in [3.05, 3.63) is 38.9 Å². The fraction of sp³-hybridized carbons (Fsp3) is 0.500. The van der Waals surface area contributed by atoms with E-state index in [4.69, 9.17) is 16.7 Å². The Bertz CT molecular complexity index is 435. The molecule has 0 aliphatic rings. The summed E-state index contributed by atoms with van der Waals surface area (Å²) in [5, 5.41) is 23.3. The van der Waals surface area contributed by atoms with Crippen molar-refractivity contribution in [2.45, 2.75) is 32.4 Å². The third kappa shape index (κ3) is 4.25. The molecule has 1 aromatic carbocycles. The molecule has 0 atom stereocenters. The van der Waals surface area contributed by atoms with Gasteiger partial charge in [-0.05, 0) is 31.9 Å². The Kier molecular flexibility index (Phi) is 5.07. The number of nitro groups is 1. The zero-order chi connectivity index (χ0) is 13.8. The largest absolute Gasteiger partial charge is 0.396 e. The highest BCUT2D eigenvalue weighted by Gasteiger charge is 2.17. The minimum Gasteiger partial charge on any atom is -0.396 e. The van der Waals surface area contributed by atoms with Crippen LogP contribution in [0.5, 0.6) is 0 Å². The van der Waals surface area contributed by atoms with Crippen molar-refractivity contribution in [3.8, 4) is 0 Å². The summed E-state index contributed by atoms with van der Waals surface area (Å²) in [5.41, 5.74) is 0.455. The first kappa shape index (κ1) is 14.9. The number of aliphatic hydroxyl groups is 1. The van der Waals surface area contributed by atoms with E-state index < -0.39 is 4.92 Å². The van der Waals surface area contributed by atoms with Crippen LogP contribution in [0, 0.1) is 10.1 Å². The minimum atomic E-state index is -0.446. The molecule has 0 saturated heterocycles. The molecular weight excluding hydrogens is 256 g/mol. The van der Waals surface area contributed by atoms with E-state index in [0.717, 1.165) is 0 Å². The first-order valence-electron chi connectivity index (χ1n) is 5.64. The van der Waals surface area contributed by atoms with Gasteiger partial charge in [0.15, 0.2) is 0 Å². The van der Waals surface area contributed by atoms with E-state index >= 15 is 0 Å². The predicted molar refractivity (Wildman–Crippen MR) is 70.7 cm³/mol. The molecule has 18 heavy (non-hydrogen) atoms. The number of benzene rings is 1. The van der Waals surface area contributed by atoms with Gasteiger partial charge in [-0.1, -0.05) is 11.6 Å². The molecule has 0 amide bonds. The van der Waals surface area contributed by atoms with Crippen LogP contribution in [-0.4, -0.2) is 22.2 Å². The molecule has 0 radical (unpaired) electrons. The summed E-state index contributed by atoms with van der Waals surface area (Å²) in [5.74, 6) is 0. The predicted octanol–water partition coefficient (Wildman–Crippen LogP) is 2.50. The van der Waals surface area contributed by atoms with Gasteiger partial charge in [0.25, 0.3) is 5.69 Å². The molecule has 2 N–H and O–H groups in total. The van der Waals surface area contributed by atoms with Crippen LogP contribution in [0.3, 0.4) is 0 Å². The Morgan fingerprint density at radius 3 is 2.72 bits per heavy atom. The Labute approximate surface area is 111 Å². The lowest BCUT2D eigenvalue weighted by molar-refractivity contribution is -0.384. The Morgan fingerprint density at radius 1 is 1.50 bits per heavy atom. The van der Waals surface area contributed by atoms with Gasteiger partial charge in [0.2, 0.25) is 0 Å². The summed E-state index contributed by atoms with van der Waals surface area (Å²) < 4.78 is 0. The van der Waals surface area contributed by atoms with E-state index in [1.165, 1.54) is 18.2 Å². The zero-order valence-corrected chi connectivity index (χ0v) is 11.2. The summed E-state index contributed by atoms with van der Waals surface area (Å²) in [6.45, 7) is 4.42. The number of aliphatic hydroxyl groups excluding tert-OH is 1. The second kappa shape index (κ2) is 6.13. The third-order valence-corrected chi connectivity index (χ3v) is 3.10. The van der Waals surface area contributed by atoms with Crippen LogP contribution >= 0.6 is 11.6 Å². The first-order valence-corrected chi connectivity index (χ1v) is 6.02. The average molecular weight is 273 g/mol. The topological polar surface area (TPSA) is 75.4 Å². The third-order valence-electron chi connectivity index (χ3n) is 2.73. The highest BCUT2D eigenvalue weighted by molar-refractivity contribution is 6.31. The number of nitrogens with one attached hydrogen (secondary N) is 1. The van der Waals surface area contributed by atoms with Gasteiger partial charge in [-0.25, -0.2) is 0 Å². The quantitative estimate of drug-likeness (QED) is 0.616. The lowest BCUT2D eigenvalue weighted by Gasteiger charge is -2.25. The van der Waals surface area contributed by atoms with Crippen LogP contribution < -0.4 is 5.32 Å². The van der Waals surface area contributed by atoms with Crippen LogP contribution in [0.2, 0.25) is 5.02 Å². The van der Waals surface area contributed by atoms with Crippen molar-refractivity contribution >= 4 is 17.3 Å². The van der Waals surface area contributed by atoms with E-state index in [2.05, 4.69) is 5.32 Å². The highest BCUT2D eigenvalue weighted by atomic mass is 35.5. The Morgan fingerprint density at radius 2 is 2.17 bits per heavy atom. The standard InChI is InChI=1S/C12H17ClN2O3/c1-12(2,5-6-16)14-8-9-7-10(15(17)18)3-4-11(9)13/h3-4,7,14,16H,5-6,8H2,1-2H3. The van der Waals surface area contributed by atoms with Crippen molar-refractivity contribution < 1.29 is 10.0 Å². The highest BCUT2D eigenvalue weighted by Crippen LogP contribution is 2.22. The molecule has 1 rings (SSSR count). The second-order valence-corrected chi connectivity index (χ2v) is 5.15. The van der Waals surface area contributed by atoms with Gasteiger partial charge in [-0.15, -0.1) is 0 Å². The van der Waals surface area contributed by atoms with Gasteiger partial charge in [-0.2, -0.15) is 0 Å². The fourth-order valence-electron chi connectivity index (χ4n) is 1.51. The maximum absolute atomic E-state index is 10.7. The van der Waals surface area contributed by atoms with Gasteiger partial charge in [0, 0.05) is 35.8 Å². The summed E-state index contributed by atoms with van der Waals surface area (Å²) in [4.78, 5) is 10.2. The normalized spacial score (nSPS) is 11.6. The van der Waals surface area contributed by atoms with Crippen LogP contribution in [0.25, 0.3) is 0 Å². The molecule has 5 nitrogen and oxygen atoms in total. The average Bonchev–Trinajstić information content (AvgIpc) is 2.27. The van der Waals surface area contributed by atoms with Gasteiger partial charge >= 0.3 is 0 Å². The molecule has 1 aromatic rings. The molecule has 6 heteroatoms. The van der Waals surface area contributed by atoms with Crippen molar-refractivity contribution in [1.82, 2.24) is 5.32 Å². The van der Waals surface area contributed by atoms with E-state index in [1.54, 1.807) is 0 Å². The summed E-state index contributed by atoms with van der Waals surface area (Å²) >= 11 is 5.99. The molecule has 0 aliphatic heterocycles. The number of nitrogens with zero attached hydrogens (tertiary/aromatic N) is 1. The van der Waals surface area contributed by atoms with Gasteiger partial charge in [0.05, 0.1) is 4.92 Å². The Hall–Kier alpha value is -1.17. The van der Waals surface area contributed by atoms with Gasteiger partial charge in [0.1, 0.15) is 0 Å². The number of nitro benzene ring substituents is 1. The lowest BCUT2D eigenvalue weighted by atomic mass is 10.0. The molecule has 0 aliphatic carbocycles. The first-order chi connectivity index (χ1) is 8.35. The fourth-order valence-corrected chi connectivity index (χ4v) is 1.70. The lowest BCUT2D eigenvalue weighted by Crippen LogP contribution is -2.39. The molecule has 0 unspecified atom stereocenters. The number of hydrogen-bond donors (Lipinski definition) is 2. The van der Waals surface area contributed by atoms with Gasteiger partial charge in [-0.3, -0.25) is 10.1 Å². The molecule has 0 saturated carbocycles. The van der Waals surface area contributed by atoms with Crippen LogP contribution in [-0.2, 0) is 6.54 Å². The summed E-state index contributed by atoms with van der Waals surface area (Å²) in [6, 6.07) is 4.37. The van der Waals surface area contributed by atoms with E-state index in [9.17, 15) is 10.1 Å². The van der Waals surface area contributed by atoms with Crippen molar-refractivity contribution in [1.29, 1.82) is 0 Å². The van der Waals surface area contributed by atoms with Crippen LogP contribution in [0.15, 0.2) is 18.2 Å². The monoisotopic (exact) mass is 272 g/mol. The van der Waals surface area contributed by atoms with E-state index in [0.29, 0.717) is 23.6 Å². The maximum Gasteiger partial charge on any atom is 0.269 e. The summed E-state index contributed by atoms with van der Waals surface area (Å²) in [6.07, 6.45) is 0.597. The molecule has 100 valence electrons. The number of rotatable bonds is 6. The molecular formula is C12H17ClN2O3. The number of halogens is 1. The number of hydrogen-bond acceptors (Lipinski definition) is 4.